The molecule has 3 rings (SSSR count). The fourth-order valence-electron chi connectivity index (χ4n) is 3.49. The SMILES string of the molecule is CC[NH+](Cn1nnn(-c2c(C)cccc2C)c1=S)[C@@H]1CCS(=O)(=O)C1. The molecule has 0 aliphatic carbocycles. The molecule has 2 heterocycles. The number of sulfone groups is 1. The van der Waals surface area contributed by atoms with Crippen molar-refractivity contribution < 1.29 is 13.3 Å². The van der Waals surface area contributed by atoms with Crippen molar-refractivity contribution >= 4 is 22.1 Å². The van der Waals surface area contributed by atoms with Crippen molar-refractivity contribution in [1.82, 2.24) is 19.8 Å². The summed E-state index contributed by atoms with van der Waals surface area (Å²) in [4.78, 5) is 1.17. The molecule has 0 bridgehead atoms. The molecule has 1 saturated heterocycles. The third-order valence-corrected chi connectivity index (χ3v) is 7.06. The van der Waals surface area contributed by atoms with E-state index in [4.69, 9.17) is 12.2 Å². The van der Waals surface area contributed by atoms with Gasteiger partial charge in [-0.2, -0.15) is 9.36 Å². The van der Waals surface area contributed by atoms with Crippen LogP contribution in [0, 0.1) is 18.6 Å². The van der Waals surface area contributed by atoms with Gasteiger partial charge in [-0.1, -0.05) is 18.2 Å². The van der Waals surface area contributed by atoms with Crippen LogP contribution in [-0.4, -0.2) is 52.3 Å². The molecule has 0 amide bonds. The van der Waals surface area contributed by atoms with Gasteiger partial charge in [0.05, 0.1) is 18.0 Å². The number of rotatable bonds is 5. The van der Waals surface area contributed by atoms with Crippen LogP contribution in [0.15, 0.2) is 18.2 Å². The lowest BCUT2D eigenvalue weighted by atomic mass is 10.1. The second kappa shape index (κ2) is 6.97. The Balaban J connectivity index is 1.88. The van der Waals surface area contributed by atoms with Gasteiger partial charge in [0.25, 0.3) is 0 Å². The fraction of sp³-hybridized carbons (Fsp3) is 0.562. The summed E-state index contributed by atoms with van der Waals surface area (Å²) in [5.41, 5.74) is 3.13. The molecule has 1 N–H and O–H groups in total. The maximum atomic E-state index is 11.8. The van der Waals surface area contributed by atoms with Gasteiger partial charge in [0, 0.05) is 6.42 Å². The Hall–Kier alpha value is -1.58. The average molecular weight is 383 g/mol. The summed E-state index contributed by atoms with van der Waals surface area (Å²) in [5.74, 6) is 0.524. The van der Waals surface area contributed by atoms with Gasteiger partial charge in [0.2, 0.25) is 4.77 Å². The van der Waals surface area contributed by atoms with Crippen LogP contribution in [0.1, 0.15) is 24.5 Å². The Bertz CT molecular complexity index is 912. The lowest BCUT2D eigenvalue weighted by Gasteiger charge is -2.22. The highest BCUT2D eigenvalue weighted by Gasteiger charge is 2.35. The third kappa shape index (κ3) is 3.68. The van der Waals surface area contributed by atoms with Crippen LogP contribution < -0.4 is 4.90 Å². The minimum atomic E-state index is -2.90. The van der Waals surface area contributed by atoms with Gasteiger partial charge in [-0.15, -0.1) is 0 Å². The Kier molecular flexibility index (Phi) is 5.08. The second-order valence-electron chi connectivity index (χ2n) is 6.68. The first-order chi connectivity index (χ1) is 11.8. The van der Waals surface area contributed by atoms with Gasteiger partial charge >= 0.3 is 0 Å². The largest absolute Gasteiger partial charge is 0.313 e. The molecule has 1 aliphatic rings. The molecule has 1 fully saturated rings. The normalized spacial score (nSPS) is 20.7. The minimum Gasteiger partial charge on any atom is -0.313 e. The number of aromatic nitrogens is 4. The number of para-hydroxylation sites is 1. The first-order valence-electron chi connectivity index (χ1n) is 8.47. The van der Waals surface area contributed by atoms with Crippen LogP contribution >= 0.6 is 12.2 Å². The number of tetrazole rings is 1. The lowest BCUT2D eigenvalue weighted by Crippen LogP contribution is -3.15. The zero-order chi connectivity index (χ0) is 18.2. The predicted octanol–water partition coefficient (Wildman–Crippen LogP) is 0.465. The van der Waals surface area contributed by atoms with Gasteiger partial charge in [-0.05, 0) is 54.5 Å². The zero-order valence-corrected chi connectivity index (χ0v) is 16.4. The Morgan fingerprint density at radius 1 is 1.28 bits per heavy atom. The summed E-state index contributed by atoms with van der Waals surface area (Å²) in [7, 11) is -2.90. The van der Waals surface area contributed by atoms with Crippen LogP contribution in [-0.2, 0) is 16.5 Å². The van der Waals surface area contributed by atoms with Crippen molar-refractivity contribution in [2.45, 2.75) is 39.9 Å². The number of benzene rings is 1. The predicted molar refractivity (Wildman–Crippen MR) is 98.2 cm³/mol. The van der Waals surface area contributed by atoms with Crippen molar-refractivity contribution in [1.29, 1.82) is 0 Å². The standard InChI is InChI=1S/C16H23N5O2S2/c1-4-19(14-8-9-25(22,23)10-14)11-20-16(24)21(18-17-20)15-12(2)6-5-7-13(15)3/h5-7,14H,4,8-11H2,1-3H3/p+1/t14-/m1/s1. The quantitative estimate of drug-likeness (QED) is 0.761. The topological polar surface area (TPSA) is 74.2 Å². The zero-order valence-electron chi connectivity index (χ0n) is 14.8. The molecule has 1 aromatic carbocycles. The molecular formula is C16H24N5O2S2+. The van der Waals surface area contributed by atoms with E-state index in [0.717, 1.165) is 23.4 Å². The van der Waals surface area contributed by atoms with Crippen molar-refractivity contribution in [2.75, 3.05) is 18.1 Å². The van der Waals surface area contributed by atoms with Crippen LogP contribution in [0.5, 0.6) is 0 Å². The van der Waals surface area contributed by atoms with Crippen LogP contribution in [0.2, 0.25) is 0 Å². The number of aryl methyl sites for hydroxylation is 2. The second-order valence-corrected chi connectivity index (χ2v) is 9.28. The molecule has 7 nitrogen and oxygen atoms in total. The summed E-state index contributed by atoms with van der Waals surface area (Å²) in [6.07, 6.45) is 0.698. The first kappa shape index (κ1) is 18.2. The molecule has 1 unspecified atom stereocenters. The van der Waals surface area contributed by atoms with Gasteiger partial charge in [-0.3, -0.25) is 0 Å². The van der Waals surface area contributed by atoms with Crippen molar-refractivity contribution in [3.05, 3.63) is 34.1 Å². The van der Waals surface area contributed by atoms with E-state index in [2.05, 4.69) is 17.4 Å². The molecular weight excluding hydrogens is 358 g/mol. The summed E-state index contributed by atoms with van der Waals surface area (Å²) >= 11 is 5.58. The molecule has 1 aliphatic heterocycles. The monoisotopic (exact) mass is 382 g/mol. The van der Waals surface area contributed by atoms with E-state index >= 15 is 0 Å². The molecule has 2 aromatic rings. The summed E-state index contributed by atoms with van der Waals surface area (Å²) < 4.78 is 27.5. The fourth-order valence-corrected chi connectivity index (χ4v) is 5.55. The van der Waals surface area contributed by atoms with E-state index in [9.17, 15) is 8.42 Å². The van der Waals surface area contributed by atoms with E-state index in [0.29, 0.717) is 17.9 Å². The highest BCUT2D eigenvalue weighted by molar-refractivity contribution is 7.91. The van der Waals surface area contributed by atoms with E-state index in [-0.39, 0.29) is 17.5 Å². The van der Waals surface area contributed by atoms with Crippen LogP contribution in [0.25, 0.3) is 5.69 Å². The van der Waals surface area contributed by atoms with E-state index in [1.807, 2.05) is 32.0 Å². The Morgan fingerprint density at radius 2 is 1.96 bits per heavy atom. The molecule has 0 spiro atoms. The first-order valence-corrected chi connectivity index (χ1v) is 10.7. The third-order valence-electron chi connectivity index (χ3n) is 4.91. The maximum Gasteiger partial charge on any atom is 0.225 e. The highest BCUT2D eigenvalue weighted by atomic mass is 32.2. The highest BCUT2D eigenvalue weighted by Crippen LogP contribution is 2.17. The minimum absolute atomic E-state index is 0.0993. The summed E-state index contributed by atoms with van der Waals surface area (Å²) in [6.45, 7) is 7.45. The van der Waals surface area contributed by atoms with Crippen molar-refractivity contribution in [2.24, 2.45) is 0 Å². The van der Waals surface area contributed by atoms with Gasteiger partial charge in [0.15, 0.2) is 16.5 Å². The number of nitrogens with one attached hydrogen (secondary N) is 1. The number of nitrogens with zero attached hydrogens (tertiary/aromatic N) is 4. The van der Waals surface area contributed by atoms with Gasteiger partial charge in [-0.25, -0.2) is 8.42 Å². The molecule has 2 atom stereocenters. The molecule has 25 heavy (non-hydrogen) atoms. The van der Waals surface area contributed by atoms with E-state index in [1.54, 1.807) is 9.36 Å². The smallest absolute Gasteiger partial charge is 0.225 e. The maximum absolute atomic E-state index is 11.8. The number of hydrogen-bond donors (Lipinski definition) is 1. The number of hydrogen-bond acceptors (Lipinski definition) is 5. The van der Waals surface area contributed by atoms with Crippen molar-refractivity contribution in [3.63, 3.8) is 0 Å². The molecule has 9 heteroatoms. The van der Waals surface area contributed by atoms with E-state index < -0.39 is 9.84 Å². The van der Waals surface area contributed by atoms with Crippen LogP contribution in [0.3, 0.4) is 0 Å². The summed E-state index contributed by atoms with van der Waals surface area (Å²) in [5, 5.41) is 8.47. The molecule has 0 radical (unpaired) electrons. The summed E-state index contributed by atoms with van der Waals surface area (Å²) in [6, 6.07) is 6.15. The lowest BCUT2D eigenvalue weighted by molar-refractivity contribution is -0.943. The van der Waals surface area contributed by atoms with Gasteiger partial charge in [0.1, 0.15) is 11.8 Å². The Labute approximate surface area is 153 Å². The number of quaternary nitrogens is 1. The van der Waals surface area contributed by atoms with Crippen molar-refractivity contribution in [3.8, 4) is 5.69 Å². The molecule has 136 valence electrons. The Morgan fingerprint density at radius 3 is 2.52 bits per heavy atom. The van der Waals surface area contributed by atoms with E-state index in [1.165, 1.54) is 4.90 Å². The molecule has 0 saturated carbocycles. The average Bonchev–Trinajstić information content (AvgIpc) is 3.08. The van der Waals surface area contributed by atoms with Crippen LogP contribution in [0.4, 0.5) is 0 Å². The van der Waals surface area contributed by atoms with Gasteiger partial charge < -0.3 is 4.90 Å². The molecule has 1 aromatic heterocycles.